The minimum atomic E-state index is 0.559. The quantitative estimate of drug-likeness (QED) is 0.445. The van der Waals surface area contributed by atoms with Gasteiger partial charge in [-0.05, 0) is 61.6 Å². The van der Waals surface area contributed by atoms with Gasteiger partial charge in [0, 0.05) is 25.0 Å². The van der Waals surface area contributed by atoms with Crippen LogP contribution in [0.5, 0.6) is 0 Å². The number of aromatic nitrogens is 1. The molecule has 0 spiro atoms. The average Bonchev–Trinajstić information content (AvgIpc) is 2.77. The molecule has 0 aliphatic carbocycles. The summed E-state index contributed by atoms with van der Waals surface area (Å²) in [5, 5.41) is 0. The van der Waals surface area contributed by atoms with Crippen molar-refractivity contribution in [3.05, 3.63) is 102 Å². The number of hydrogen-bond acceptors (Lipinski definition) is 2. The van der Waals surface area contributed by atoms with Crippen molar-refractivity contribution in [3.8, 4) is 0 Å². The highest BCUT2D eigenvalue weighted by Gasteiger charge is 2.15. The topological polar surface area (TPSA) is 16.1 Å². The second-order valence-corrected chi connectivity index (χ2v) is 6.97. The van der Waals surface area contributed by atoms with E-state index in [4.69, 9.17) is 0 Å². The molecule has 2 aromatic carbocycles. The Labute approximate surface area is 171 Å². The molecule has 1 atom stereocenters. The first-order chi connectivity index (χ1) is 13.8. The number of pyridine rings is 1. The summed E-state index contributed by atoms with van der Waals surface area (Å²) in [6.07, 6.45) is 8.35. The van der Waals surface area contributed by atoms with Crippen molar-refractivity contribution in [3.63, 3.8) is 0 Å². The maximum atomic E-state index is 4.13. The van der Waals surface area contributed by atoms with E-state index in [0.29, 0.717) is 6.04 Å². The summed E-state index contributed by atoms with van der Waals surface area (Å²) in [7, 11) is 2.26. The van der Waals surface area contributed by atoms with E-state index < -0.39 is 0 Å². The molecule has 1 heterocycles. The first-order valence-corrected chi connectivity index (χ1v) is 10.5. The van der Waals surface area contributed by atoms with Gasteiger partial charge in [-0.1, -0.05) is 74.5 Å². The molecule has 0 N–H and O–H groups in total. The number of nitrogens with zero attached hydrogens (tertiary/aromatic N) is 2. The average molecular weight is 375 g/mol. The summed E-state index contributed by atoms with van der Waals surface area (Å²) in [4.78, 5) is 6.64. The Morgan fingerprint density at radius 3 is 1.68 bits per heavy atom. The molecule has 0 aliphatic heterocycles. The molecule has 0 aliphatic rings. The fourth-order valence-electron chi connectivity index (χ4n) is 3.45. The van der Waals surface area contributed by atoms with Crippen molar-refractivity contribution < 1.29 is 0 Å². The molecule has 0 fully saturated rings. The van der Waals surface area contributed by atoms with Crippen LogP contribution in [0.2, 0.25) is 0 Å². The summed E-state index contributed by atoms with van der Waals surface area (Å²) < 4.78 is 0. The zero-order chi connectivity index (χ0) is 20.0. The predicted octanol–water partition coefficient (Wildman–Crippen LogP) is 6.17. The Hall–Kier alpha value is -2.45. The molecular weight excluding hydrogens is 340 g/mol. The number of aryl methyl sites for hydroxylation is 2. The first kappa shape index (κ1) is 21.8. The predicted molar refractivity (Wildman–Crippen MR) is 120 cm³/mol. The highest BCUT2D eigenvalue weighted by Crippen LogP contribution is 2.17. The van der Waals surface area contributed by atoms with Crippen LogP contribution in [-0.4, -0.2) is 23.0 Å². The fraction of sp³-hybridized carbons (Fsp3) is 0.346. The van der Waals surface area contributed by atoms with Gasteiger partial charge in [-0.15, -0.1) is 0 Å². The Balaban J connectivity index is 0.00000136. The SMILES string of the molecule is CC.CN(Cc1ccccc1)C(CCc1ccccc1)CCc1ccncc1. The lowest BCUT2D eigenvalue weighted by atomic mass is 9.98. The van der Waals surface area contributed by atoms with Gasteiger partial charge in [-0.2, -0.15) is 0 Å². The monoisotopic (exact) mass is 374 g/mol. The number of rotatable bonds is 9. The van der Waals surface area contributed by atoms with Gasteiger partial charge >= 0.3 is 0 Å². The molecule has 2 heteroatoms. The van der Waals surface area contributed by atoms with Crippen molar-refractivity contribution in [1.82, 2.24) is 9.88 Å². The third-order valence-corrected chi connectivity index (χ3v) is 5.02. The zero-order valence-electron chi connectivity index (χ0n) is 17.6. The number of benzene rings is 2. The highest BCUT2D eigenvalue weighted by molar-refractivity contribution is 5.16. The van der Waals surface area contributed by atoms with Crippen LogP contribution < -0.4 is 0 Å². The standard InChI is InChI=1S/C24H28N2.C2H6/c1-26(20-23-10-6-3-7-11-23)24(14-12-21-8-4-2-5-9-21)15-13-22-16-18-25-19-17-22;1-2/h2-11,16-19,24H,12-15,20H2,1H3;1-2H3. The number of hydrogen-bond donors (Lipinski definition) is 0. The van der Waals surface area contributed by atoms with Gasteiger partial charge in [0.15, 0.2) is 0 Å². The van der Waals surface area contributed by atoms with Gasteiger partial charge in [0.2, 0.25) is 0 Å². The van der Waals surface area contributed by atoms with Gasteiger partial charge in [0.1, 0.15) is 0 Å². The molecule has 0 saturated heterocycles. The van der Waals surface area contributed by atoms with E-state index in [9.17, 15) is 0 Å². The maximum Gasteiger partial charge on any atom is 0.0270 e. The van der Waals surface area contributed by atoms with Gasteiger partial charge in [-0.25, -0.2) is 0 Å². The summed E-state index contributed by atoms with van der Waals surface area (Å²) >= 11 is 0. The third-order valence-electron chi connectivity index (χ3n) is 5.02. The lowest BCUT2D eigenvalue weighted by molar-refractivity contribution is 0.211. The van der Waals surface area contributed by atoms with Gasteiger partial charge in [0.25, 0.3) is 0 Å². The van der Waals surface area contributed by atoms with Gasteiger partial charge < -0.3 is 0 Å². The van der Waals surface area contributed by atoms with Crippen LogP contribution in [0.4, 0.5) is 0 Å². The Morgan fingerprint density at radius 1 is 0.679 bits per heavy atom. The molecule has 0 bridgehead atoms. The van der Waals surface area contributed by atoms with Crippen molar-refractivity contribution in [2.75, 3.05) is 7.05 Å². The van der Waals surface area contributed by atoms with E-state index in [1.54, 1.807) is 0 Å². The van der Waals surface area contributed by atoms with Gasteiger partial charge in [0.05, 0.1) is 0 Å². The Bertz CT molecular complexity index is 698. The smallest absolute Gasteiger partial charge is 0.0270 e. The Morgan fingerprint density at radius 2 is 1.14 bits per heavy atom. The van der Waals surface area contributed by atoms with Crippen molar-refractivity contribution in [2.45, 2.75) is 52.1 Å². The summed E-state index contributed by atoms with van der Waals surface area (Å²) in [5.41, 5.74) is 4.18. The largest absolute Gasteiger partial charge is 0.299 e. The molecule has 28 heavy (non-hydrogen) atoms. The molecule has 1 unspecified atom stereocenters. The fourth-order valence-corrected chi connectivity index (χ4v) is 3.45. The van der Waals surface area contributed by atoms with Crippen molar-refractivity contribution in [1.29, 1.82) is 0 Å². The van der Waals surface area contributed by atoms with Crippen LogP contribution in [0.25, 0.3) is 0 Å². The van der Waals surface area contributed by atoms with E-state index in [-0.39, 0.29) is 0 Å². The molecule has 0 saturated carbocycles. The van der Waals surface area contributed by atoms with E-state index in [1.807, 2.05) is 26.2 Å². The molecule has 3 aromatic rings. The molecule has 1 aromatic heterocycles. The van der Waals surface area contributed by atoms with E-state index in [0.717, 1.165) is 19.4 Å². The molecule has 0 amide bonds. The van der Waals surface area contributed by atoms with Crippen molar-refractivity contribution in [2.24, 2.45) is 0 Å². The van der Waals surface area contributed by atoms with Crippen LogP contribution in [0, 0.1) is 0 Å². The van der Waals surface area contributed by atoms with Crippen LogP contribution in [0.1, 0.15) is 43.4 Å². The first-order valence-electron chi connectivity index (χ1n) is 10.5. The summed E-state index contributed by atoms with van der Waals surface area (Å²) in [5.74, 6) is 0. The molecule has 2 nitrogen and oxygen atoms in total. The molecule has 0 radical (unpaired) electrons. The minimum absolute atomic E-state index is 0.559. The second kappa shape index (κ2) is 12.9. The minimum Gasteiger partial charge on any atom is -0.299 e. The lowest BCUT2D eigenvalue weighted by Gasteiger charge is -2.28. The molecule has 148 valence electrons. The van der Waals surface area contributed by atoms with Crippen LogP contribution in [0.3, 0.4) is 0 Å². The van der Waals surface area contributed by atoms with Crippen LogP contribution >= 0.6 is 0 Å². The zero-order valence-corrected chi connectivity index (χ0v) is 17.6. The van der Waals surface area contributed by atoms with E-state index in [2.05, 4.69) is 89.7 Å². The second-order valence-electron chi connectivity index (χ2n) is 6.97. The third kappa shape index (κ3) is 7.66. The maximum absolute atomic E-state index is 4.13. The normalized spacial score (nSPS) is 11.6. The lowest BCUT2D eigenvalue weighted by Crippen LogP contribution is -2.32. The van der Waals surface area contributed by atoms with Crippen LogP contribution in [-0.2, 0) is 19.4 Å². The highest BCUT2D eigenvalue weighted by atomic mass is 15.1. The van der Waals surface area contributed by atoms with E-state index >= 15 is 0 Å². The molecule has 3 rings (SSSR count). The Kier molecular flexibility index (Phi) is 10.0. The van der Waals surface area contributed by atoms with Crippen molar-refractivity contribution >= 4 is 0 Å². The van der Waals surface area contributed by atoms with Crippen LogP contribution in [0.15, 0.2) is 85.2 Å². The summed E-state index contributed by atoms with van der Waals surface area (Å²) in [6, 6.07) is 26.4. The van der Waals surface area contributed by atoms with E-state index in [1.165, 1.54) is 29.5 Å². The van der Waals surface area contributed by atoms with Gasteiger partial charge in [-0.3, -0.25) is 9.88 Å². The molecular formula is C26H34N2. The summed E-state index contributed by atoms with van der Waals surface area (Å²) in [6.45, 7) is 5.00.